The Labute approximate surface area is 423 Å². The smallest absolute Gasteiger partial charge is 0.343 e. The maximum absolute atomic E-state index is 13.5. The van der Waals surface area contributed by atoms with E-state index >= 15 is 0 Å². The molecular formula is C63H102O6. The molecule has 6 heteroatoms. The van der Waals surface area contributed by atoms with E-state index in [1.54, 1.807) is 24.3 Å². The Bertz CT molecular complexity index is 2010. The fourth-order valence-corrected chi connectivity index (χ4v) is 8.74. The van der Waals surface area contributed by atoms with E-state index in [1.165, 1.54) is 95.5 Å². The predicted molar refractivity (Wildman–Crippen MR) is 294 cm³/mol. The van der Waals surface area contributed by atoms with Crippen LogP contribution in [0.5, 0.6) is 17.2 Å². The number of carbonyl (C=O) groups is 2. The Morgan fingerprint density at radius 2 is 0.710 bits per heavy atom. The SMILES string of the molecule is CCCCCCCCCCCCCCCCCCOC(=O)c1cc(C(C)(C)C)c(O)c(C(C)(C)C)c1.Cc1cc(C(C)(C)C)cc(C(C)(C)C)c1OC(=O)c1cc(C(C)(C)C)c(O)c(C(C)(C)C)c1. The van der Waals surface area contributed by atoms with Crippen molar-refractivity contribution in [3.8, 4) is 17.2 Å². The first kappa shape index (κ1) is 61.3. The summed E-state index contributed by atoms with van der Waals surface area (Å²) in [7, 11) is 0. The Balaban J connectivity index is 0.000000475. The van der Waals surface area contributed by atoms with E-state index in [4.69, 9.17) is 9.47 Å². The summed E-state index contributed by atoms with van der Waals surface area (Å²) < 4.78 is 11.7. The molecule has 0 radical (unpaired) electrons. The predicted octanol–water partition coefficient (Wildman–Crippen LogP) is 18.5. The quantitative estimate of drug-likeness (QED) is 0.0666. The number of aromatic hydroxyl groups is 2. The van der Waals surface area contributed by atoms with E-state index in [0.29, 0.717) is 29.2 Å². The van der Waals surface area contributed by atoms with E-state index in [-0.39, 0.29) is 44.2 Å². The maximum Gasteiger partial charge on any atom is 0.343 e. The minimum atomic E-state index is -0.400. The number of benzene rings is 3. The lowest BCUT2D eigenvalue weighted by atomic mass is 9.78. The first-order valence-corrected chi connectivity index (χ1v) is 26.9. The lowest BCUT2D eigenvalue weighted by molar-refractivity contribution is 0.0496. The monoisotopic (exact) mass is 955 g/mol. The molecule has 3 rings (SSSR count). The molecular weight excluding hydrogens is 853 g/mol. The highest BCUT2D eigenvalue weighted by Crippen LogP contribution is 2.43. The van der Waals surface area contributed by atoms with E-state index in [1.807, 2.05) is 48.5 Å². The van der Waals surface area contributed by atoms with E-state index in [9.17, 15) is 19.8 Å². The van der Waals surface area contributed by atoms with Gasteiger partial charge in [0, 0.05) is 27.8 Å². The first-order chi connectivity index (χ1) is 31.6. The van der Waals surface area contributed by atoms with Gasteiger partial charge in [-0.25, -0.2) is 9.59 Å². The Kier molecular flexibility index (Phi) is 23.2. The van der Waals surface area contributed by atoms with Gasteiger partial charge in [-0.1, -0.05) is 240 Å². The zero-order valence-electron chi connectivity index (χ0n) is 48.0. The number of ether oxygens (including phenoxy) is 2. The Morgan fingerprint density at radius 1 is 0.406 bits per heavy atom. The van der Waals surface area contributed by atoms with Crippen molar-refractivity contribution in [3.63, 3.8) is 0 Å². The molecule has 6 nitrogen and oxygen atoms in total. The van der Waals surface area contributed by atoms with Crippen molar-refractivity contribution in [1.29, 1.82) is 0 Å². The van der Waals surface area contributed by atoms with Crippen molar-refractivity contribution in [1.82, 2.24) is 0 Å². The topological polar surface area (TPSA) is 93.1 Å². The molecule has 0 spiro atoms. The highest BCUT2D eigenvalue weighted by molar-refractivity contribution is 5.93. The number of carbonyl (C=O) groups excluding carboxylic acids is 2. The van der Waals surface area contributed by atoms with Crippen LogP contribution in [0.1, 0.15) is 294 Å². The normalized spacial score (nSPS) is 12.7. The van der Waals surface area contributed by atoms with Gasteiger partial charge in [-0.05, 0) is 81.2 Å². The number of phenolic OH excluding ortho intramolecular Hbond substituents is 2. The molecule has 0 saturated carbocycles. The van der Waals surface area contributed by atoms with Crippen LogP contribution >= 0.6 is 0 Å². The number of hydrogen-bond acceptors (Lipinski definition) is 6. The molecule has 0 heterocycles. The molecule has 0 aliphatic rings. The molecule has 0 aliphatic heterocycles. The second kappa shape index (κ2) is 26.1. The molecule has 0 aromatic heterocycles. The summed E-state index contributed by atoms with van der Waals surface area (Å²) in [6.07, 6.45) is 21.3. The van der Waals surface area contributed by atoms with Crippen molar-refractivity contribution in [2.75, 3.05) is 6.61 Å². The fourth-order valence-electron chi connectivity index (χ4n) is 8.74. The third kappa shape index (κ3) is 20.1. The van der Waals surface area contributed by atoms with Crippen LogP contribution in [0.2, 0.25) is 0 Å². The molecule has 0 saturated heterocycles. The molecule has 0 atom stereocenters. The lowest BCUT2D eigenvalue weighted by Gasteiger charge is -2.29. The molecule has 0 aliphatic carbocycles. The summed E-state index contributed by atoms with van der Waals surface area (Å²) in [5.74, 6) is 0.496. The van der Waals surface area contributed by atoms with Gasteiger partial charge >= 0.3 is 11.9 Å². The number of phenols is 2. The molecule has 3 aromatic carbocycles. The second-order valence-corrected chi connectivity index (χ2v) is 26.3. The van der Waals surface area contributed by atoms with Gasteiger partial charge in [0.05, 0.1) is 17.7 Å². The van der Waals surface area contributed by atoms with Gasteiger partial charge in [0.15, 0.2) is 0 Å². The number of unbranched alkanes of at least 4 members (excludes halogenated alkanes) is 15. The standard InChI is InChI=1S/C33H58O3.C30H44O3/c1-8-9-10-11-12-13-14-15-16-17-18-19-20-21-22-23-24-36-31(35)27-25-28(32(2,3)4)30(34)29(26-27)33(5,6)7;1-18-14-20(27(2,3)4)17-23(30(11,12)13)25(18)33-26(32)19-15-21(28(5,6)7)24(31)22(16-19)29(8,9)10/h25-26,34H,8-24H2,1-7H3;14-17,31H,1-13H3. The number of esters is 2. The van der Waals surface area contributed by atoms with Crippen molar-refractivity contribution < 1.29 is 29.3 Å². The molecule has 2 N–H and O–H groups in total. The van der Waals surface area contributed by atoms with Crippen molar-refractivity contribution in [2.45, 2.75) is 274 Å². The number of hydrogen-bond donors (Lipinski definition) is 2. The van der Waals surface area contributed by atoms with Crippen LogP contribution in [0.3, 0.4) is 0 Å². The van der Waals surface area contributed by atoms with Crippen molar-refractivity contribution in [3.05, 3.63) is 86.5 Å². The minimum Gasteiger partial charge on any atom is -0.507 e. The van der Waals surface area contributed by atoms with Gasteiger partial charge in [-0.2, -0.15) is 0 Å². The van der Waals surface area contributed by atoms with Gasteiger partial charge < -0.3 is 19.7 Å². The number of aryl methyl sites for hydroxylation is 1. The molecule has 390 valence electrons. The molecule has 0 bridgehead atoms. The van der Waals surface area contributed by atoms with Crippen LogP contribution in [0.4, 0.5) is 0 Å². The third-order valence-corrected chi connectivity index (χ3v) is 13.3. The average Bonchev–Trinajstić information content (AvgIpc) is 3.20. The third-order valence-electron chi connectivity index (χ3n) is 13.3. The molecule has 3 aromatic rings. The molecule has 0 amide bonds. The van der Waals surface area contributed by atoms with Crippen molar-refractivity contribution >= 4 is 11.9 Å². The van der Waals surface area contributed by atoms with Crippen LogP contribution in [-0.2, 0) is 37.2 Å². The molecule has 0 fully saturated rings. The van der Waals surface area contributed by atoms with E-state index < -0.39 is 5.97 Å². The van der Waals surface area contributed by atoms with Crippen LogP contribution in [-0.4, -0.2) is 28.8 Å². The number of rotatable bonds is 20. The largest absolute Gasteiger partial charge is 0.507 e. The molecule has 0 unspecified atom stereocenters. The average molecular weight is 956 g/mol. The fraction of sp³-hybridized carbons (Fsp3) is 0.683. The van der Waals surface area contributed by atoms with E-state index in [0.717, 1.165) is 46.2 Å². The summed E-state index contributed by atoms with van der Waals surface area (Å²) in [5.41, 5.74) is 5.94. The van der Waals surface area contributed by atoms with Gasteiger partial charge in [0.25, 0.3) is 0 Å². The van der Waals surface area contributed by atoms with Crippen LogP contribution in [0.25, 0.3) is 0 Å². The second-order valence-electron chi connectivity index (χ2n) is 26.3. The van der Waals surface area contributed by atoms with Gasteiger partial charge in [-0.15, -0.1) is 0 Å². The summed E-state index contributed by atoms with van der Waals surface area (Å²) in [4.78, 5) is 26.3. The zero-order chi connectivity index (χ0) is 52.8. The minimum absolute atomic E-state index is 0.00647. The van der Waals surface area contributed by atoms with Gasteiger partial charge in [0.2, 0.25) is 0 Å². The summed E-state index contributed by atoms with van der Waals surface area (Å²) in [6, 6.07) is 11.5. The zero-order valence-corrected chi connectivity index (χ0v) is 48.0. The molecule has 69 heavy (non-hydrogen) atoms. The van der Waals surface area contributed by atoms with Gasteiger partial charge in [0.1, 0.15) is 17.2 Å². The highest BCUT2D eigenvalue weighted by Gasteiger charge is 2.31. The Morgan fingerprint density at radius 3 is 1.01 bits per heavy atom. The van der Waals surface area contributed by atoms with Gasteiger partial charge in [-0.3, -0.25) is 0 Å². The highest BCUT2D eigenvalue weighted by atomic mass is 16.5. The van der Waals surface area contributed by atoms with Crippen molar-refractivity contribution in [2.24, 2.45) is 0 Å². The van der Waals surface area contributed by atoms with Crippen LogP contribution in [0.15, 0.2) is 36.4 Å². The summed E-state index contributed by atoms with van der Waals surface area (Å²) >= 11 is 0. The Hall–Kier alpha value is -3.80. The lowest BCUT2D eigenvalue weighted by Crippen LogP contribution is -2.22. The summed E-state index contributed by atoms with van der Waals surface area (Å²) in [6.45, 7) is 42.3. The van der Waals surface area contributed by atoms with Crippen LogP contribution < -0.4 is 4.74 Å². The first-order valence-electron chi connectivity index (χ1n) is 26.9. The maximum atomic E-state index is 13.5. The van der Waals surface area contributed by atoms with E-state index in [2.05, 4.69) is 102 Å². The summed E-state index contributed by atoms with van der Waals surface area (Å²) in [5, 5.41) is 21.9. The van der Waals surface area contributed by atoms with Crippen LogP contribution in [0, 0.1) is 6.92 Å².